The molecule has 0 aliphatic heterocycles. The fraction of sp³-hybridized carbons (Fsp3) is 0. The van der Waals surface area contributed by atoms with E-state index in [0.717, 1.165) is 44.5 Å². The van der Waals surface area contributed by atoms with Crippen LogP contribution in [-0.2, 0) is 0 Å². The molecule has 0 amide bonds. The Morgan fingerprint density at radius 1 is 0.226 bits per heavy atom. The summed E-state index contributed by atoms with van der Waals surface area (Å²) in [5, 5.41) is 4.94. The largest absolute Gasteiger partial charge is 0.208 e. The van der Waals surface area contributed by atoms with Gasteiger partial charge < -0.3 is 0 Å². The summed E-state index contributed by atoms with van der Waals surface area (Å²) in [4.78, 5) is 31.0. The Labute approximate surface area is 364 Å². The second-order valence-corrected chi connectivity index (χ2v) is 17.3. The quantitative estimate of drug-likeness (QED) is 0.159. The molecule has 8 heteroatoms. The Morgan fingerprint density at radius 2 is 0.629 bits per heavy atom. The third kappa shape index (κ3) is 6.50. The van der Waals surface area contributed by atoms with E-state index in [1.165, 1.54) is 40.3 Å². The summed E-state index contributed by atoms with van der Waals surface area (Å²) in [7, 11) is 0. The monoisotopic (exact) mass is 828 g/mol. The zero-order valence-corrected chi connectivity index (χ0v) is 34.6. The molecule has 12 rings (SSSR count). The van der Waals surface area contributed by atoms with Gasteiger partial charge in [-0.05, 0) is 47.5 Å². The van der Waals surface area contributed by atoms with E-state index in [9.17, 15) is 0 Å². The lowest BCUT2D eigenvalue weighted by Gasteiger charge is -2.14. The highest BCUT2D eigenvalue weighted by molar-refractivity contribution is 7.26. The molecule has 12 aromatic rings. The first-order chi connectivity index (χ1) is 30.7. The van der Waals surface area contributed by atoms with Gasteiger partial charge in [0.2, 0.25) is 0 Å². The summed E-state index contributed by atoms with van der Waals surface area (Å²) in [5.41, 5.74) is 7.35. The van der Waals surface area contributed by atoms with Crippen LogP contribution in [0.25, 0.3) is 120 Å². The zero-order chi connectivity index (χ0) is 41.0. The molecule has 62 heavy (non-hydrogen) atoms. The van der Waals surface area contributed by atoms with Crippen molar-refractivity contribution in [2.24, 2.45) is 0 Å². The summed E-state index contributed by atoms with van der Waals surface area (Å²) < 4.78 is 4.95. The van der Waals surface area contributed by atoms with Gasteiger partial charge in [0.1, 0.15) is 0 Å². The maximum Gasteiger partial charge on any atom is 0.164 e. The van der Waals surface area contributed by atoms with Gasteiger partial charge in [0.25, 0.3) is 0 Å². The number of fused-ring (bicyclic) bond motifs is 6. The fourth-order valence-electron chi connectivity index (χ4n) is 8.16. The van der Waals surface area contributed by atoms with Crippen LogP contribution in [0, 0.1) is 0 Å². The maximum absolute atomic E-state index is 5.23. The maximum atomic E-state index is 5.23. The molecule has 0 bridgehead atoms. The third-order valence-corrected chi connectivity index (χ3v) is 13.5. The highest BCUT2D eigenvalue weighted by Gasteiger charge is 2.20. The number of rotatable bonds is 7. The standard InChI is InChI=1S/C54H32N6S2/c1-4-14-33(15-5-1)49-56-52(58-53(57-49)38-25-28-42-40-20-10-12-22-45(40)62-48(42)32-38)37-24-27-39(36-26-29-47-43(30-36)41-21-11-13-23-46(41)61-47)44(31-37)54-59-50(34-16-6-2-7-17-34)55-51(60-54)35-18-8-3-9-19-35/h1-32H. The van der Waals surface area contributed by atoms with E-state index >= 15 is 0 Å². The molecule has 8 aromatic carbocycles. The van der Waals surface area contributed by atoms with E-state index in [2.05, 4.69) is 103 Å². The highest BCUT2D eigenvalue weighted by Crippen LogP contribution is 2.41. The fourth-order valence-corrected chi connectivity index (χ4v) is 10.4. The van der Waals surface area contributed by atoms with Crippen molar-refractivity contribution >= 4 is 63.0 Å². The van der Waals surface area contributed by atoms with Gasteiger partial charge >= 0.3 is 0 Å². The molecule has 290 valence electrons. The average Bonchev–Trinajstić information content (AvgIpc) is 3.92. The molecule has 0 aliphatic carbocycles. The van der Waals surface area contributed by atoms with Gasteiger partial charge in [-0.3, -0.25) is 0 Å². The van der Waals surface area contributed by atoms with Crippen molar-refractivity contribution in [1.29, 1.82) is 0 Å². The zero-order valence-electron chi connectivity index (χ0n) is 33.0. The van der Waals surface area contributed by atoms with Gasteiger partial charge in [-0.2, -0.15) is 0 Å². The molecule has 6 nitrogen and oxygen atoms in total. The number of nitrogens with zero attached hydrogens (tertiary/aromatic N) is 6. The Morgan fingerprint density at radius 3 is 1.21 bits per heavy atom. The average molecular weight is 829 g/mol. The summed E-state index contributed by atoms with van der Waals surface area (Å²) in [6.07, 6.45) is 0. The van der Waals surface area contributed by atoms with Crippen LogP contribution in [0.2, 0.25) is 0 Å². The molecular weight excluding hydrogens is 797 g/mol. The molecule has 0 fully saturated rings. The molecule has 0 saturated heterocycles. The topological polar surface area (TPSA) is 77.3 Å². The van der Waals surface area contributed by atoms with Gasteiger partial charge in [0.15, 0.2) is 34.9 Å². The lowest BCUT2D eigenvalue weighted by atomic mass is 9.95. The van der Waals surface area contributed by atoms with Crippen molar-refractivity contribution in [2.75, 3.05) is 0 Å². The number of thiophene rings is 2. The Hall–Kier alpha value is -7.78. The number of hydrogen-bond acceptors (Lipinski definition) is 8. The molecule has 4 heterocycles. The first-order valence-electron chi connectivity index (χ1n) is 20.4. The predicted molar refractivity (Wildman–Crippen MR) is 257 cm³/mol. The third-order valence-electron chi connectivity index (χ3n) is 11.2. The van der Waals surface area contributed by atoms with Crippen molar-refractivity contribution in [3.05, 3.63) is 194 Å². The van der Waals surface area contributed by atoms with Crippen LogP contribution in [0.4, 0.5) is 0 Å². The van der Waals surface area contributed by atoms with Crippen LogP contribution < -0.4 is 0 Å². The van der Waals surface area contributed by atoms with Crippen LogP contribution >= 0.6 is 22.7 Å². The molecule has 4 aromatic heterocycles. The Balaban J connectivity index is 1.09. The van der Waals surface area contributed by atoms with Gasteiger partial charge in [-0.15, -0.1) is 22.7 Å². The van der Waals surface area contributed by atoms with Crippen molar-refractivity contribution in [3.8, 4) is 79.5 Å². The summed E-state index contributed by atoms with van der Waals surface area (Å²) in [6, 6.07) is 67.1. The molecule has 0 unspecified atom stereocenters. The van der Waals surface area contributed by atoms with Crippen LogP contribution in [0.3, 0.4) is 0 Å². The smallest absolute Gasteiger partial charge is 0.164 e. The van der Waals surface area contributed by atoms with E-state index in [0.29, 0.717) is 34.9 Å². The van der Waals surface area contributed by atoms with E-state index in [1.54, 1.807) is 11.3 Å². The molecule has 0 atom stereocenters. The molecule has 0 aliphatic rings. The normalized spacial score (nSPS) is 11.5. The molecule has 0 N–H and O–H groups in total. The minimum absolute atomic E-state index is 0.553. The van der Waals surface area contributed by atoms with Crippen LogP contribution in [0.15, 0.2) is 194 Å². The van der Waals surface area contributed by atoms with Crippen LogP contribution in [0.1, 0.15) is 0 Å². The van der Waals surface area contributed by atoms with Gasteiger partial charge in [0, 0.05) is 73.7 Å². The second-order valence-electron chi connectivity index (χ2n) is 15.1. The molecule has 0 saturated carbocycles. The lowest BCUT2D eigenvalue weighted by Crippen LogP contribution is -2.03. The number of benzene rings is 8. The van der Waals surface area contributed by atoms with Gasteiger partial charge in [0.05, 0.1) is 0 Å². The molecule has 0 radical (unpaired) electrons. The summed E-state index contributed by atoms with van der Waals surface area (Å²) in [6.45, 7) is 0. The predicted octanol–water partition coefficient (Wildman–Crippen LogP) is 14.5. The van der Waals surface area contributed by atoms with E-state index < -0.39 is 0 Å². The van der Waals surface area contributed by atoms with E-state index in [-0.39, 0.29) is 0 Å². The van der Waals surface area contributed by atoms with Gasteiger partial charge in [-0.1, -0.05) is 158 Å². The van der Waals surface area contributed by atoms with Crippen molar-refractivity contribution in [3.63, 3.8) is 0 Å². The highest BCUT2D eigenvalue weighted by atomic mass is 32.1. The van der Waals surface area contributed by atoms with Crippen LogP contribution in [0.5, 0.6) is 0 Å². The first kappa shape index (κ1) is 36.1. The van der Waals surface area contributed by atoms with E-state index in [1.807, 2.05) is 102 Å². The van der Waals surface area contributed by atoms with E-state index in [4.69, 9.17) is 29.9 Å². The summed E-state index contributed by atoms with van der Waals surface area (Å²) >= 11 is 3.59. The number of hydrogen-bond donors (Lipinski definition) is 0. The second kappa shape index (κ2) is 15.0. The van der Waals surface area contributed by atoms with Crippen molar-refractivity contribution < 1.29 is 0 Å². The Bertz CT molecular complexity index is 3580. The van der Waals surface area contributed by atoms with Crippen LogP contribution in [-0.4, -0.2) is 29.9 Å². The molecular formula is C54H32N6S2. The van der Waals surface area contributed by atoms with Crippen molar-refractivity contribution in [1.82, 2.24) is 29.9 Å². The minimum atomic E-state index is 0.553. The number of aromatic nitrogens is 6. The SMILES string of the molecule is c1ccc(-c2nc(-c3ccc(-c4ccc5sc6ccccc6c5c4)c(-c4nc(-c5ccccc5)nc(-c5ccccc5)n4)c3)nc(-c3ccc4c(c3)sc3ccccc34)n2)cc1. The Kier molecular flexibility index (Phi) is 8.76. The van der Waals surface area contributed by atoms with Gasteiger partial charge in [-0.25, -0.2) is 29.9 Å². The summed E-state index contributed by atoms with van der Waals surface area (Å²) in [5.74, 6) is 3.49. The minimum Gasteiger partial charge on any atom is -0.208 e. The molecule has 0 spiro atoms. The first-order valence-corrected chi connectivity index (χ1v) is 22.0. The van der Waals surface area contributed by atoms with Crippen molar-refractivity contribution in [2.45, 2.75) is 0 Å². The lowest BCUT2D eigenvalue weighted by molar-refractivity contribution is 1.07.